The molecule has 0 aliphatic carbocycles. The molecule has 1 atom stereocenters. The van der Waals surface area contributed by atoms with Crippen LogP contribution in [0.15, 0.2) is 102 Å². The van der Waals surface area contributed by atoms with E-state index in [-0.39, 0.29) is 28.6 Å². The first kappa shape index (κ1) is 33.5. The van der Waals surface area contributed by atoms with Gasteiger partial charge in [0.1, 0.15) is 24.2 Å². The van der Waals surface area contributed by atoms with E-state index in [2.05, 4.69) is 5.32 Å². The van der Waals surface area contributed by atoms with Crippen LogP contribution in [0.1, 0.15) is 23.6 Å². The number of carbonyl (C=O) groups is 2. The van der Waals surface area contributed by atoms with Crippen molar-refractivity contribution in [2.75, 3.05) is 24.5 Å². The quantitative estimate of drug-likeness (QED) is 0.198. The highest BCUT2D eigenvalue weighted by molar-refractivity contribution is 7.92. The minimum absolute atomic E-state index is 0.0255. The number of hydrogen-bond acceptors (Lipinski definition) is 5. The van der Waals surface area contributed by atoms with Crippen LogP contribution in [0, 0.1) is 12.7 Å². The fourth-order valence-corrected chi connectivity index (χ4v) is 6.47. The Morgan fingerprint density at radius 2 is 1.60 bits per heavy atom. The van der Waals surface area contributed by atoms with Crippen molar-refractivity contribution in [2.45, 2.75) is 37.8 Å². The van der Waals surface area contributed by atoms with E-state index >= 15 is 0 Å². The Morgan fingerprint density at radius 1 is 0.933 bits per heavy atom. The highest BCUT2D eigenvalue weighted by Crippen LogP contribution is 2.32. The number of rotatable bonds is 13. The molecule has 0 bridgehead atoms. The molecule has 0 aliphatic heterocycles. The number of benzene rings is 4. The Bertz CT molecular complexity index is 1720. The molecule has 0 saturated heterocycles. The van der Waals surface area contributed by atoms with Crippen molar-refractivity contribution in [3.8, 4) is 5.75 Å². The highest BCUT2D eigenvalue weighted by atomic mass is 35.5. The smallest absolute Gasteiger partial charge is 0.264 e. The largest absolute Gasteiger partial charge is 0.495 e. The Morgan fingerprint density at radius 3 is 2.20 bits per heavy atom. The predicted octanol–water partition coefficient (Wildman–Crippen LogP) is 5.77. The molecule has 0 spiro atoms. The van der Waals surface area contributed by atoms with Gasteiger partial charge >= 0.3 is 0 Å². The lowest BCUT2D eigenvalue weighted by molar-refractivity contribution is -0.140. The molecule has 0 aliphatic rings. The number of likely N-dealkylation sites (N-methyl/N-ethyl adjacent to an activating group) is 1. The summed E-state index contributed by atoms with van der Waals surface area (Å²) in [5.41, 5.74) is 2.36. The van der Waals surface area contributed by atoms with Gasteiger partial charge in [-0.15, -0.1) is 0 Å². The fraction of sp³-hybridized carbons (Fsp3) is 0.235. The van der Waals surface area contributed by atoms with Crippen LogP contribution in [0.3, 0.4) is 0 Å². The van der Waals surface area contributed by atoms with Gasteiger partial charge in [-0.2, -0.15) is 0 Å². The molecule has 11 heteroatoms. The number of nitrogens with one attached hydrogen (secondary N) is 1. The van der Waals surface area contributed by atoms with Crippen LogP contribution in [0.2, 0.25) is 5.02 Å². The molecule has 0 fully saturated rings. The first-order valence-corrected chi connectivity index (χ1v) is 16.1. The number of methoxy groups -OCH3 is 1. The van der Waals surface area contributed by atoms with Crippen molar-refractivity contribution < 1.29 is 27.1 Å². The summed E-state index contributed by atoms with van der Waals surface area (Å²) >= 11 is 6.40. The summed E-state index contributed by atoms with van der Waals surface area (Å²) in [5, 5.41) is 2.96. The second-order valence-corrected chi connectivity index (χ2v) is 12.7. The molecule has 8 nitrogen and oxygen atoms in total. The van der Waals surface area contributed by atoms with Gasteiger partial charge in [-0.05, 0) is 67.4 Å². The van der Waals surface area contributed by atoms with Crippen molar-refractivity contribution in [1.29, 1.82) is 0 Å². The van der Waals surface area contributed by atoms with Gasteiger partial charge in [0.2, 0.25) is 11.8 Å². The lowest BCUT2D eigenvalue weighted by Gasteiger charge is -2.34. The maximum Gasteiger partial charge on any atom is 0.264 e. The third-order valence-corrected chi connectivity index (χ3v) is 9.28. The number of ether oxygens (including phenoxy) is 1. The second-order valence-electron chi connectivity index (χ2n) is 10.4. The number of nitrogens with zero attached hydrogens (tertiary/aromatic N) is 2. The van der Waals surface area contributed by atoms with Crippen molar-refractivity contribution in [2.24, 2.45) is 0 Å². The van der Waals surface area contributed by atoms with E-state index in [9.17, 15) is 22.4 Å². The topological polar surface area (TPSA) is 96.0 Å². The summed E-state index contributed by atoms with van der Waals surface area (Å²) in [4.78, 5) is 29.2. The number of anilines is 1. The molecule has 4 rings (SSSR count). The second kappa shape index (κ2) is 15.0. The predicted molar refractivity (Wildman–Crippen MR) is 173 cm³/mol. The third kappa shape index (κ3) is 8.40. The van der Waals surface area contributed by atoms with E-state index in [0.717, 1.165) is 15.4 Å². The zero-order valence-electron chi connectivity index (χ0n) is 25.2. The monoisotopic (exact) mass is 651 g/mol. The minimum Gasteiger partial charge on any atom is -0.495 e. The normalized spacial score (nSPS) is 11.8. The maximum absolute atomic E-state index is 14.4. The Kier molecular flexibility index (Phi) is 11.2. The lowest BCUT2D eigenvalue weighted by Crippen LogP contribution is -2.53. The zero-order chi connectivity index (χ0) is 32.6. The molecular formula is C34H35ClFN3O5S. The summed E-state index contributed by atoms with van der Waals surface area (Å²) in [7, 11) is -2.86. The van der Waals surface area contributed by atoms with Crippen molar-refractivity contribution in [3.05, 3.63) is 125 Å². The average Bonchev–Trinajstić information content (AvgIpc) is 3.03. The van der Waals surface area contributed by atoms with Crippen molar-refractivity contribution >= 4 is 39.1 Å². The molecule has 0 radical (unpaired) electrons. The van der Waals surface area contributed by atoms with Crippen molar-refractivity contribution in [3.63, 3.8) is 0 Å². The number of amides is 2. The van der Waals surface area contributed by atoms with Crippen LogP contribution in [0.25, 0.3) is 0 Å². The van der Waals surface area contributed by atoms with Crippen LogP contribution in [0.4, 0.5) is 10.1 Å². The fourth-order valence-electron chi connectivity index (χ4n) is 4.81. The summed E-state index contributed by atoms with van der Waals surface area (Å²) in [6.45, 7) is 3.21. The lowest BCUT2D eigenvalue weighted by atomic mass is 10.0. The number of halogens is 2. The molecule has 2 amide bonds. The Hall–Kier alpha value is -4.41. The van der Waals surface area contributed by atoms with Crippen molar-refractivity contribution in [1.82, 2.24) is 10.2 Å². The van der Waals surface area contributed by atoms with E-state index in [1.807, 2.05) is 37.3 Å². The van der Waals surface area contributed by atoms with Crippen LogP contribution in [-0.2, 0) is 32.6 Å². The molecular weight excluding hydrogens is 617 g/mol. The summed E-state index contributed by atoms with van der Waals surface area (Å²) in [6, 6.07) is 24.5. The van der Waals surface area contributed by atoms with Crippen LogP contribution >= 0.6 is 11.6 Å². The van der Waals surface area contributed by atoms with Gasteiger partial charge in [-0.3, -0.25) is 13.9 Å². The molecule has 236 valence electrons. The summed E-state index contributed by atoms with van der Waals surface area (Å²) in [6.07, 6.45) is 0.165. The standard InChI is InChI=1S/C34H35ClFN3O5S/c1-4-37-34(41)31(20-25-8-6-5-7-9-25)38(22-26-12-14-27(36)15-13-26)33(40)23-39(28-16-19-32(44-3)30(35)21-28)45(42,43)29-17-10-24(2)11-18-29/h5-19,21,31H,4,20,22-23H2,1-3H3,(H,37,41)/t31-/m0/s1. The van der Waals surface area contributed by atoms with Gasteiger partial charge in [0, 0.05) is 19.5 Å². The maximum atomic E-state index is 14.4. The number of sulfonamides is 1. The highest BCUT2D eigenvalue weighted by Gasteiger charge is 2.34. The Balaban J connectivity index is 1.81. The summed E-state index contributed by atoms with van der Waals surface area (Å²) in [5.74, 6) is -1.17. The van der Waals surface area contributed by atoms with Crippen LogP contribution < -0.4 is 14.4 Å². The molecule has 1 N–H and O–H groups in total. The van der Waals surface area contributed by atoms with Gasteiger partial charge in [0.25, 0.3) is 10.0 Å². The van der Waals surface area contributed by atoms with Crippen LogP contribution in [-0.4, -0.2) is 51.4 Å². The molecule has 0 aromatic heterocycles. The third-order valence-electron chi connectivity index (χ3n) is 7.20. The summed E-state index contributed by atoms with van der Waals surface area (Å²) < 4.78 is 48.2. The van der Waals surface area contributed by atoms with Crippen LogP contribution in [0.5, 0.6) is 5.75 Å². The van der Waals surface area contributed by atoms with E-state index in [1.165, 1.54) is 66.6 Å². The number of aryl methyl sites for hydroxylation is 1. The average molecular weight is 652 g/mol. The SMILES string of the molecule is CCNC(=O)[C@H](Cc1ccccc1)N(Cc1ccc(F)cc1)C(=O)CN(c1ccc(OC)c(Cl)c1)S(=O)(=O)c1ccc(C)cc1. The van der Waals surface area contributed by atoms with E-state index in [4.69, 9.17) is 16.3 Å². The zero-order valence-corrected chi connectivity index (χ0v) is 26.8. The number of hydrogen-bond donors (Lipinski definition) is 1. The molecule has 4 aromatic carbocycles. The van der Waals surface area contributed by atoms with Gasteiger partial charge in [0.15, 0.2) is 0 Å². The first-order chi connectivity index (χ1) is 21.5. The van der Waals surface area contributed by atoms with Gasteiger partial charge in [-0.25, -0.2) is 12.8 Å². The molecule has 0 heterocycles. The minimum atomic E-state index is -4.29. The van der Waals surface area contributed by atoms with Gasteiger partial charge in [-0.1, -0.05) is 71.8 Å². The van der Waals surface area contributed by atoms with Gasteiger partial charge in [0.05, 0.1) is 22.7 Å². The van der Waals surface area contributed by atoms with Gasteiger partial charge < -0.3 is 15.0 Å². The first-order valence-electron chi connectivity index (χ1n) is 14.3. The Labute approximate surface area is 268 Å². The molecule has 0 unspecified atom stereocenters. The number of carbonyl (C=O) groups excluding carboxylic acids is 2. The van der Waals surface area contributed by atoms with E-state index in [1.54, 1.807) is 19.1 Å². The van der Waals surface area contributed by atoms with E-state index < -0.39 is 40.2 Å². The molecule has 45 heavy (non-hydrogen) atoms. The molecule has 0 saturated carbocycles. The molecule has 4 aromatic rings. The van der Waals surface area contributed by atoms with E-state index in [0.29, 0.717) is 17.9 Å².